The fourth-order valence-electron chi connectivity index (χ4n) is 7.06. The third-order valence-corrected chi connectivity index (χ3v) is 9.18. The second-order valence-electron chi connectivity index (χ2n) is 12.8. The van der Waals surface area contributed by atoms with Crippen LogP contribution in [0.5, 0.6) is 0 Å². The molecule has 3 aliphatic heterocycles. The zero-order valence-electron chi connectivity index (χ0n) is 27.3. The number of anilines is 2. The number of hydrogen-bond donors (Lipinski definition) is 0. The van der Waals surface area contributed by atoms with E-state index in [4.69, 9.17) is 4.98 Å². The van der Waals surface area contributed by atoms with E-state index in [9.17, 15) is 0 Å². The SMILES string of the molecule is CC(C)c1cccc(C(C)C)c1-c1cn2c(n1)-c1[c-]cccc1C1c3ccccc3N(C)C12.CN1C=CN(c2[c-]cccc2)[CH-]1.[Ir+3]. The molecule has 0 saturated heterocycles. The van der Waals surface area contributed by atoms with Gasteiger partial charge in [-0.3, -0.25) is 4.98 Å². The minimum atomic E-state index is 0. The Morgan fingerprint density at radius 1 is 0.761 bits per heavy atom. The molecule has 4 aromatic carbocycles. The molecule has 0 spiro atoms. The molecule has 4 heterocycles. The van der Waals surface area contributed by atoms with Gasteiger partial charge in [-0.25, -0.2) is 0 Å². The zero-order chi connectivity index (χ0) is 31.2. The minimum Gasteiger partial charge on any atom is -0.510 e. The van der Waals surface area contributed by atoms with Crippen molar-refractivity contribution < 1.29 is 20.1 Å². The number of rotatable bonds is 4. The molecule has 0 aliphatic carbocycles. The molecule has 8 rings (SSSR count). The third kappa shape index (κ3) is 5.48. The molecule has 0 bridgehead atoms. The molecule has 0 fully saturated rings. The van der Waals surface area contributed by atoms with Gasteiger partial charge in [0, 0.05) is 30.4 Å². The van der Waals surface area contributed by atoms with Gasteiger partial charge in [0.2, 0.25) is 0 Å². The van der Waals surface area contributed by atoms with Crippen LogP contribution in [-0.2, 0) is 20.1 Å². The summed E-state index contributed by atoms with van der Waals surface area (Å²) in [6.45, 7) is 11.1. The van der Waals surface area contributed by atoms with Crippen molar-refractivity contribution >= 4 is 11.4 Å². The van der Waals surface area contributed by atoms with Crippen LogP contribution < -0.4 is 9.80 Å². The van der Waals surface area contributed by atoms with Gasteiger partial charge in [-0.15, -0.1) is 41.1 Å². The van der Waals surface area contributed by atoms with Gasteiger partial charge in [-0.05, 0) is 54.0 Å². The van der Waals surface area contributed by atoms with Crippen LogP contribution in [0.4, 0.5) is 11.4 Å². The Morgan fingerprint density at radius 2 is 1.46 bits per heavy atom. The normalized spacial score (nSPS) is 17.3. The Balaban J connectivity index is 0.000000241. The summed E-state index contributed by atoms with van der Waals surface area (Å²) in [5, 5.41) is 0. The van der Waals surface area contributed by atoms with Crippen LogP contribution in [0.2, 0.25) is 0 Å². The number of likely N-dealkylation sites (N-methyl/N-ethyl adjacent to an activating group) is 1. The standard InChI is InChI=1S/C30H30N3.C10H10N2.Ir/c1-18(2)20-14-10-15-21(19(3)4)27(20)25-17-33-29(31-25)23-12-7-6-11-22(23)28-24-13-8-9-16-26(24)32(5)30(28)33;1-11-7-8-12(9-11)10-5-3-2-4-6-10;/h6-11,13-19,28,30H,1-5H3;2-5,7-9H,1H3;/q-1;-2;+3. The maximum atomic E-state index is 5.31. The monoisotopic (exact) mass is 783 g/mol. The first-order valence-corrected chi connectivity index (χ1v) is 15.9. The predicted octanol–water partition coefficient (Wildman–Crippen LogP) is 9.18. The van der Waals surface area contributed by atoms with Crippen molar-refractivity contribution in [3.63, 3.8) is 0 Å². The van der Waals surface area contributed by atoms with E-state index in [0.717, 1.165) is 22.8 Å². The summed E-state index contributed by atoms with van der Waals surface area (Å²) >= 11 is 0. The second kappa shape index (κ2) is 12.9. The van der Waals surface area contributed by atoms with E-state index in [0.29, 0.717) is 11.8 Å². The van der Waals surface area contributed by atoms with Gasteiger partial charge in [-0.1, -0.05) is 64.1 Å². The molecule has 6 heteroatoms. The summed E-state index contributed by atoms with van der Waals surface area (Å²) in [7, 11) is 4.21. The van der Waals surface area contributed by atoms with Crippen molar-refractivity contribution in [1.82, 2.24) is 14.5 Å². The van der Waals surface area contributed by atoms with Crippen molar-refractivity contribution in [2.24, 2.45) is 0 Å². The quantitative estimate of drug-likeness (QED) is 0.170. The van der Waals surface area contributed by atoms with E-state index in [1.165, 1.54) is 33.5 Å². The maximum absolute atomic E-state index is 5.31. The molecule has 0 N–H and O–H groups in total. The number of fused-ring (bicyclic) bond motifs is 8. The van der Waals surface area contributed by atoms with E-state index < -0.39 is 0 Å². The Hall–Kier alpha value is -4.12. The number of aromatic nitrogens is 2. The molecule has 5 aromatic rings. The first kappa shape index (κ1) is 31.8. The number of imidazole rings is 1. The first-order chi connectivity index (χ1) is 21.8. The molecule has 0 amide bonds. The van der Waals surface area contributed by atoms with Crippen molar-refractivity contribution in [2.45, 2.75) is 51.6 Å². The summed E-state index contributed by atoms with van der Waals surface area (Å²) in [6.07, 6.45) is 6.48. The molecular weight excluding hydrogens is 743 g/mol. The van der Waals surface area contributed by atoms with E-state index >= 15 is 0 Å². The maximum Gasteiger partial charge on any atom is 3.00 e. The van der Waals surface area contributed by atoms with Gasteiger partial charge in [0.05, 0.1) is 11.5 Å². The largest absolute Gasteiger partial charge is 3.00 e. The van der Waals surface area contributed by atoms with Gasteiger partial charge < -0.3 is 19.3 Å². The average molecular weight is 783 g/mol. The van der Waals surface area contributed by atoms with Crippen molar-refractivity contribution in [2.75, 3.05) is 23.9 Å². The van der Waals surface area contributed by atoms with Gasteiger partial charge in [0.1, 0.15) is 6.17 Å². The van der Waals surface area contributed by atoms with Crippen LogP contribution in [-0.4, -0.2) is 28.5 Å². The molecule has 2 unspecified atom stereocenters. The van der Waals surface area contributed by atoms with Gasteiger partial charge >= 0.3 is 20.1 Å². The fraction of sp³-hybridized carbons (Fsp3) is 0.250. The van der Waals surface area contributed by atoms with Gasteiger partial charge in [-0.2, -0.15) is 37.0 Å². The number of para-hydroxylation sites is 2. The zero-order valence-corrected chi connectivity index (χ0v) is 29.7. The number of nitrogens with zero attached hydrogens (tertiary/aromatic N) is 5. The topological polar surface area (TPSA) is 27.5 Å². The van der Waals surface area contributed by atoms with E-state index in [-0.39, 0.29) is 32.2 Å². The number of hydrogen-bond acceptors (Lipinski definition) is 4. The summed E-state index contributed by atoms with van der Waals surface area (Å²) < 4.78 is 2.40. The molecule has 5 nitrogen and oxygen atoms in total. The summed E-state index contributed by atoms with van der Waals surface area (Å²) in [4.78, 5) is 11.8. The van der Waals surface area contributed by atoms with Crippen LogP contribution in [0, 0.1) is 18.8 Å². The summed E-state index contributed by atoms with van der Waals surface area (Å²) in [5.41, 5.74) is 11.3. The Bertz CT molecular complexity index is 1830. The summed E-state index contributed by atoms with van der Waals surface area (Å²) in [5.74, 6) is 2.16. The Morgan fingerprint density at radius 3 is 2.13 bits per heavy atom. The molecule has 2 atom stereocenters. The number of benzene rings is 4. The van der Waals surface area contributed by atoms with Crippen LogP contribution in [0.25, 0.3) is 22.6 Å². The Labute approximate surface area is 287 Å². The fourth-order valence-corrected chi connectivity index (χ4v) is 7.06. The third-order valence-electron chi connectivity index (χ3n) is 9.18. The average Bonchev–Trinajstić information content (AvgIpc) is 3.78. The van der Waals surface area contributed by atoms with Gasteiger partial charge in [0.25, 0.3) is 0 Å². The smallest absolute Gasteiger partial charge is 0.510 e. The van der Waals surface area contributed by atoms with E-state index in [1.807, 2.05) is 66.2 Å². The van der Waals surface area contributed by atoms with Crippen molar-refractivity contribution in [3.8, 4) is 22.6 Å². The molecule has 0 radical (unpaired) electrons. The molecular formula is C40H40IrN5. The second-order valence-corrected chi connectivity index (χ2v) is 12.8. The predicted molar refractivity (Wildman–Crippen MR) is 185 cm³/mol. The molecule has 234 valence electrons. The minimum absolute atomic E-state index is 0. The summed E-state index contributed by atoms with van der Waals surface area (Å²) in [6, 6.07) is 36.5. The molecule has 46 heavy (non-hydrogen) atoms. The van der Waals surface area contributed by atoms with Gasteiger partial charge in [0.15, 0.2) is 0 Å². The molecule has 3 aliphatic rings. The van der Waals surface area contributed by atoms with E-state index in [1.54, 1.807) is 0 Å². The van der Waals surface area contributed by atoms with Crippen LogP contribution in [0.15, 0.2) is 104 Å². The van der Waals surface area contributed by atoms with E-state index in [2.05, 4.69) is 117 Å². The van der Waals surface area contributed by atoms with Crippen LogP contribution >= 0.6 is 0 Å². The molecule has 0 saturated carbocycles. The van der Waals surface area contributed by atoms with Crippen LogP contribution in [0.1, 0.15) is 73.9 Å². The van der Waals surface area contributed by atoms with Crippen molar-refractivity contribution in [3.05, 3.63) is 145 Å². The molecule has 1 aromatic heterocycles. The first-order valence-electron chi connectivity index (χ1n) is 15.9. The van der Waals surface area contributed by atoms with Crippen LogP contribution in [0.3, 0.4) is 0 Å². The van der Waals surface area contributed by atoms with Crippen molar-refractivity contribution in [1.29, 1.82) is 0 Å². The Kier molecular flexibility index (Phi) is 8.96.